The highest BCUT2D eigenvalue weighted by Gasteiger charge is 2.26. The minimum atomic E-state index is -2.31. The predicted octanol–water partition coefficient (Wildman–Crippen LogP) is 4.03. The van der Waals surface area contributed by atoms with E-state index in [1.54, 1.807) is 0 Å². The number of methoxy groups -OCH3 is 1. The molecule has 144 valence electrons. The van der Waals surface area contributed by atoms with Crippen LogP contribution in [0.25, 0.3) is 0 Å². The summed E-state index contributed by atoms with van der Waals surface area (Å²) in [6.45, 7) is 0. The van der Waals surface area contributed by atoms with E-state index in [0.29, 0.717) is 0 Å². The van der Waals surface area contributed by atoms with E-state index in [1.165, 1.54) is 13.2 Å². The molecule has 1 N–H and O–H groups in total. The van der Waals surface area contributed by atoms with Crippen LogP contribution in [0.4, 0.5) is 33.3 Å². The Kier molecular flexibility index (Phi) is 6.20. The SMILES string of the molecule is COc1ccc([N+](=O)[O-])cc1NC(=O)CSc1c(F)c(F)c(F)c(F)c1F. The van der Waals surface area contributed by atoms with Crippen molar-refractivity contribution in [2.24, 2.45) is 0 Å². The van der Waals surface area contributed by atoms with E-state index in [4.69, 9.17) is 4.74 Å². The third-order valence-corrected chi connectivity index (χ3v) is 4.24. The third kappa shape index (κ3) is 4.27. The molecule has 0 aliphatic carbocycles. The topological polar surface area (TPSA) is 81.5 Å². The molecule has 0 saturated heterocycles. The molecule has 6 nitrogen and oxygen atoms in total. The van der Waals surface area contributed by atoms with E-state index in [1.807, 2.05) is 0 Å². The lowest BCUT2D eigenvalue weighted by atomic mass is 10.2. The number of carbonyl (C=O) groups is 1. The van der Waals surface area contributed by atoms with Gasteiger partial charge in [0, 0.05) is 12.1 Å². The Morgan fingerprint density at radius 1 is 1.11 bits per heavy atom. The predicted molar refractivity (Wildman–Crippen MR) is 85.2 cm³/mol. The molecule has 2 aromatic rings. The van der Waals surface area contributed by atoms with Gasteiger partial charge in [-0.15, -0.1) is 11.8 Å². The van der Waals surface area contributed by atoms with Crippen LogP contribution in [0.2, 0.25) is 0 Å². The Labute approximate surface area is 152 Å². The van der Waals surface area contributed by atoms with Gasteiger partial charge >= 0.3 is 0 Å². The van der Waals surface area contributed by atoms with Gasteiger partial charge in [0.05, 0.1) is 28.4 Å². The summed E-state index contributed by atoms with van der Waals surface area (Å²) in [5.74, 6) is -12.3. The molecule has 0 bridgehead atoms. The number of nitrogens with one attached hydrogen (secondary N) is 1. The molecule has 0 radical (unpaired) electrons. The molecule has 0 fully saturated rings. The molecule has 12 heteroatoms. The highest BCUT2D eigenvalue weighted by Crippen LogP contribution is 2.32. The van der Waals surface area contributed by atoms with E-state index < -0.39 is 50.6 Å². The fraction of sp³-hybridized carbons (Fsp3) is 0.133. The van der Waals surface area contributed by atoms with Crippen LogP contribution in [0.1, 0.15) is 0 Å². The van der Waals surface area contributed by atoms with Crippen molar-refractivity contribution < 1.29 is 36.4 Å². The van der Waals surface area contributed by atoms with Crippen LogP contribution in [-0.4, -0.2) is 23.7 Å². The van der Waals surface area contributed by atoms with E-state index in [0.717, 1.165) is 12.1 Å². The fourth-order valence-electron chi connectivity index (χ4n) is 1.94. The molecule has 27 heavy (non-hydrogen) atoms. The number of halogens is 5. The first-order valence-corrected chi connectivity index (χ1v) is 7.92. The molecule has 0 atom stereocenters. The van der Waals surface area contributed by atoms with E-state index >= 15 is 0 Å². The normalized spacial score (nSPS) is 10.6. The number of hydrogen-bond acceptors (Lipinski definition) is 5. The summed E-state index contributed by atoms with van der Waals surface area (Å²) in [6.07, 6.45) is 0. The summed E-state index contributed by atoms with van der Waals surface area (Å²) in [5.41, 5.74) is -0.465. The Bertz CT molecular complexity index is 897. The van der Waals surface area contributed by atoms with Crippen LogP contribution >= 0.6 is 11.8 Å². The second kappa shape index (κ2) is 8.20. The Morgan fingerprint density at radius 2 is 1.67 bits per heavy atom. The summed E-state index contributed by atoms with van der Waals surface area (Å²) in [6, 6.07) is 3.32. The maximum atomic E-state index is 13.6. The third-order valence-electron chi connectivity index (χ3n) is 3.19. The number of benzene rings is 2. The second-order valence-corrected chi connectivity index (χ2v) is 5.86. The number of hydrogen-bond donors (Lipinski definition) is 1. The van der Waals surface area contributed by atoms with Gasteiger partial charge in [0.15, 0.2) is 23.3 Å². The lowest BCUT2D eigenvalue weighted by Crippen LogP contribution is -2.15. The van der Waals surface area contributed by atoms with Crippen LogP contribution in [-0.2, 0) is 4.79 Å². The molecule has 0 unspecified atom stereocenters. The van der Waals surface area contributed by atoms with Gasteiger partial charge in [0.2, 0.25) is 11.7 Å². The zero-order chi connectivity index (χ0) is 20.3. The zero-order valence-corrected chi connectivity index (χ0v) is 14.1. The average Bonchev–Trinajstić information content (AvgIpc) is 2.64. The van der Waals surface area contributed by atoms with E-state index in [-0.39, 0.29) is 28.9 Å². The fourth-order valence-corrected chi connectivity index (χ4v) is 2.72. The zero-order valence-electron chi connectivity index (χ0n) is 13.3. The highest BCUT2D eigenvalue weighted by molar-refractivity contribution is 8.00. The number of carbonyl (C=O) groups excluding carboxylic acids is 1. The van der Waals surface area contributed by atoms with Crippen LogP contribution in [0.3, 0.4) is 0 Å². The number of nitrogens with zero attached hydrogens (tertiary/aromatic N) is 1. The average molecular weight is 408 g/mol. The quantitative estimate of drug-likeness (QED) is 0.195. The Balaban J connectivity index is 2.19. The lowest BCUT2D eigenvalue weighted by Gasteiger charge is -2.11. The van der Waals surface area contributed by atoms with Gasteiger partial charge in [-0.2, -0.15) is 0 Å². The van der Waals surface area contributed by atoms with Crippen LogP contribution in [0, 0.1) is 39.2 Å². The largest absolute Gasteiger partial charge is 0.495 e. The smallest absolute Gasteiger partial charge is 0.271 e. The highest BCUT2D eigenvalue weighted by atomic mass is 32.2. The van der Waals surface area contributed by atoms with E-state index in [9.17, 15) is 36.9 Å². The molecule has 1 amide bonds. The van der Waals surface area contributed by atoms with Crippen molar-refractivity contribution >= 4 is 29.0 Å². The van der Waals surface area contributed by atoms with Crippen molar-refractivity contribution in [1.29, 1.82) is 0 Å². The summed E-state index contributed by atoms with van der Waals surface area (Å²) in [4.78, 5) is 20.8. The van der Waals surface area contributed by atoms with Crippen molar-refractivity contribution in [2.45, 2.75) is 4.90 Å². The van der Waals surface area contributed by atoms with Crippen LogP contribution < -0.4 is 10.1 Å². The number of nitro groups is 1. The maximum Gasteiger partial charge on any atom is 0.271 e. The molecular formula is C15H9F5N2O4S. The Hall–Kier alpha value is -2.89. The number of nitro benzene ring substituents is 1. The van der Waals surface area contributed by atoms with Crippen molar-refractivity contribution in [3.8, 4) is 5.75 Å². The van der Waals surface area contributed by atoms with Gasteiger partial charge in [-0.1, -0.05) is 0 Å². The van der Waals surface area contributed by atoms with Gasteiger partial charge in [0.25, 0.3) is 5.69 Å². The van der Waals surface area contributed by atoms with Crippen molar-refractivity contribution in [2.75, 3.05) is 18.2 Å². The van der Waals surface area contributed by atoms with Gasteiger partial charge < -0.3 is 10.1 Å². The Morgan fingerprint density at radius 3 is 2.19 bits per heavy atom. The standard InChI is InChI=1S/C15H9F5N2O4S/c1-26-8-3-2-6(22(24)25)4-7(8)21-9(23)5-27-15-13(19)11(17)10(16)12(18)14(15)20/h2-4H,5H2,1H3,(H,21,23). The first kappa shape index (κ1) is 20.4. The molecule has 0 heterocycles. The molecule has 2 rings (SSSR count). The molecule has 2 aromatic carbocycles. The maximum absolute atomic E-state index is 13.6. The van der Waals surface area contributed by atoms with Gasteiger partial charge in [-0.3, -0.25) is 14.9 Å². The number of amides is 1. The van der Waals surface area contributed by atoms with Gasteiger partial charge in [0.1, 0.15) is 5.75 Å². The molecular weight excluding hydrogens is 399 g/mol. The van der Waals surface area contributed by atoms with Crippen molar-refractivity contribution in [3.63, 3.8) is 0 Å². The summed E-state index contributed by atoms with van der Waals surface area (Å²) in [5, 5.41) is 13.0. The second-order valence-electron chi connectivity index (χ2n) is 4.88. The monoisotopic (exact) mass is 408 g/mol. The lowest BCUT2D eigenvalue weighted by molar-refractivity contribution is -0.384. The summed E-state index contributed by atoms with van der Waals surface area (Å²) >= 11 is 0.0786. The first-order chi connectivity index (χ1) is 12.7. The minimum Gasteiger partial charge on any atom is -0.495 e. The van der Waals surface area contributed by atoms with Crippen molar-refractivity contribution in [3.05, 3.63) is 57.4 Å². The van der Waals surface area contributed by atoms with E-state index in [2.05, 4.69) is 5.32 Å². The summed E-state index contributed by atoms with van der Waals surface area (Å²) in [7, 11) is 1.24. The minimum absolute atomic E-state index is 0.0650. The number of thioether (sulfide) groups is 1. The molecule has 0 saturated carbocycles. The van der Waals surface area contributed by atoms with Crippen molar-refractivity contribution in [1.82, 2.24) is 0 Å². The van der Waals surface area contributed by atoms with Gasteiger partial charge in [-0.25, -0.2) is 22.0 Å². The molecule has 0 spiro atoms. The molecule has 0 aliphatic heterocycles. The number of rotatable bonds is 6. The number of non-ortho nitro benzene ring substituents is 1. The van der Waals surface area contributed by atoms with Gasteiger partial charge in [-0.05, 0) is 6.07 Å². The number of anilines is 1. The van der Waals surface area contributed by atoms with Crippen LogP contribution in [0.5, 0.6) is 5.75 Å². The number of ether oxygens (including phenoxy) is 1. The summed E-state index contributed by atoms with van der Waals surface area (Å²) < 4.78 is 71.3. The molecule has 0 aromatic heterocycles. The first-order valence-electron chi connectivity index (χ1n) is 6.93. The molecule has 0 aliphatic rings. The van der Waals surface area contributed by atoms with Crippen LogP contribution in [0.15, 0.2) is 23.1 Å².